The second kappa shape index (κ2) is 29.6. The number of amides is 1. The van der Waals surface area contributed by atoms with E-state index < -0.39 is 128 Å². The molecule has 0 aromatic heterocycles. The molecule has 0 radical (unpaired) electrons. The van der Waals surface area contributed by atoms with Crippen molar-refractivity contribution in [2.75, 3.05) is 13.2 Å². The van der Waals surface area contributed by atoms with E-state index in [-0.39, 0.29) is 44.5 Å². The first kappa shape index (κ1) is 61.4. The minimum absolute atomic E-state index is 0.00104. The molecule has 2 aliphatic heterocycles. The van der Waals surface area contributed by atoms with Crippen molar-refractivity contribution in [2.45, 2.75) is 67.5 Å². The summed E-state index contributed by atoms with van der Waals surface area (Å²) in [7, 11) is 0. The molecule has 89 heavy (non-hydrogen) atoms. The molecule has 2 N–H and O–H groups in total. The fourth-order valence-electron chi connectivity index (χ4n) is 9.74. The van der Waals surface area contributed by atoms with Gasteiger partial charge in [-0.15, -0.1) is 0 Å². The van der Waals surface area contributed by atoms with Crippen molar-refractivity contribution in [1.29, 1.82) is 0 Å². The number of ether oxygens (including phenoxy) is 11. The lowest BCUT2D eigenvalue weighted by Crippen LogP contribution is -2.65. The van der Waals surface area contributed by atoms with E-state index in [2.05, 4.69) is 0 Å². The highest BCUT2D eigenvalue weighted by atomic mass is 16.8. The quantitative estimate of drug-likeness (QED) is 0.0490. The van der Waals surface area contributed by atoms with E-state index in [9.17, 15) is 38.4 Å². The van der Waals surface area contributed by atoms with Gasteiger partial charge in [-0.05, 0) is 90.5 Å². The summed E-state index contributed by atoms with van der Waals surface area (Å²) < 4.78 is 70.0. The van der Waals surface area contributed by atoms with Crippen LogP contribution in [0, 0.1) is 0 Å². The Labute approximate surface area is 509 Å². The average molecular weight is 1200 g/mol. The number of benzene rings is 8. The highest BCUT2D eigenvalue weighted by molar-refractivity contribution is 5.93. The summed E-state index contributed by atoms with van der Waals surface area (Å²) >= 11 is 0. The van der Waals surface area contributed by atoms with Crippen LogP contribution in [0.1, 0.15) is 84.2 Å². The predicted molar refractivity (Wildman–Crippen MR) is 313 cm³/mol. The molecule has 2 fully saturated rings. The van der Waals surface area contributed by atoms with E-state index in [0.29, 0.717) is 0 Å². The van der Waals surface area contributed by atoms with Crippen molar-refractivity contribution >= 4 is 47.7 Å². The Bertz CT molecular complexity index is 3680. The van der Waals surface area contributed by atoms with Crippen molar-refractivity contribution < 1.29 is 90.5 Å². The number of rotatable bonds is 22. The topological polar surface area (TPSA) is 264 Å². The lowest BCUT2D eigenvalue weighted by Gasteiger charge is -2.46. The molecule has 0 saturated carbocycles. The summed E-state index contributed by atoms with van der Waals surface area (Å²) in [4.78, 5) is 114. The van der Waals surface area contributed by atoms with Crippen molar-refractivity contribution in [1.82, 2.24) is 0 Å². The molecule has 0 aliphatic carbocycles. The first-order valence-electron chi connectivity index (χ1n) is 28.1. The van der Waals surface area contributed by atoms with Gasteiger partial charge in [-0.1, -0.05) is 158 Å². The summed E-state index contributed by atoms with van der Waals surface area (Å²) in [6.45, 7) is -1.60. The highest BCUT2D eigenvalue weighted by Gasteiger charge is 2.57. The molecule has 2 aliphatic rings. The van der Waals surface area contributed by atoms with Crippen LogP contribution in [0.15, 0.2) is 243 Å². The van der Waals surface area contributed by atoms with Gasteiger partial charge in [0.05, 0.1) is 45.6 Å². The fourth-order valence-corrected chi connectivity index (χ4v) is 9.74. The van der Waals surface area contributed by atoms with Crippen LogP contribution in [0.3, 0.4) is 0 Å². The summed E-state index contributed by atoms with van der Waals surface area (Å²) in [5.41, 5.74) is 6.46. The molecule has 20 heteroatoms. The Balaban J connectivity index is 1.10. The van der Waals surface area contributed by atoms with Gasteiger partial charge in [0.25, 0.3) is 5.91 Å². The van der Waals surface area contributed by atoms with Gasteiger partial charge in [-0.3, -0.25) is 4.79 Å². The molecule has 20 nitrogen and oxygen atoms in total. The second-order valence-electron chi connectivity index (χ2n) is 20.1. The minimum atomic E-state index is -1.97. The smallest absolute Gasteiger partial charge is 0.338 e. The molecular formula is C69H57NO19. The fraction of sp³-hybridized carbons (Fsp3) is 0.188. The van der Waals surface area contributed by atoms with Crippen molar-refractivity contribution in [2.24, 2.45) is 5.73 Å². The second-order valence-corrected chi connectivity index (χ2v) is 20.1. The van der Waals surface area contributed by atoms with Crippen LogP contribution < -0.4 is 5.73 Å². The van der Waals surface area contributed by atoms with E-state index in [1.54, 1.807) is 146 Å². The molecule has 8 aromatic rings. The first-order chi connectivity index (χ1) is 43.4. The number of hydrogen-bond donors (Lipinski definition) is 1. The monoisotopic (exact) mass is 1200 g/mol. The lowest BCUT2D eigenvalue weighted by molar-refractivity contribution is -0.331. The molecule has 0 bridgehead atoms. The van der Waals surface area contributed by atoms with Crippen molar-refractivity contribution in [3.05, 3.63) is 287 Å². The third-order valence-corrected chi connectivity index (χ3v) is 14.1. The number of hydrogen-bond acceptors (Lipinski definition) is 19. The van der Waals surface area contributed by atoms with Crippen LogP contribution >= 0.6 is 0 Å². The Morgan fingerprint density at radius 1 is 0.315 bits per heavy atom. The van der Waals surface area contributed by atoms with Gasteiger partial charge < -0.3 is 57.8 Å². The van der Waals surface area contributed by atoms with Gasteiger partial charge >= 0.3 is 41.8 Å². The van der Waals surface area contributed by atoms with Gasteiger partial charge in [0.1, 0.15) is 18.8 Å². The molecule has 2 saturated heterocycles. The molecular weight excluding hydrogens is 1150 g/mol. The molecule has 0 spiro atoms. The zero-order valence-electron chi connectivity index (χ0n) is 47.2. The predicted octanol–water partition coefficient (Wildman–Crippen LogP) is 8.91. The molecule has 10 rings (SSSR count). The van der Waals surface area contributed by atoms with E-state index in [1.165, 1.54) is 97.1 Å². The van der Waals surface area contributed by atoms with Crippen LogP contribution in [0.25, 0.3) is 0 Å². The molecule has 1 amide bonds. The molecule has 2 heterocycles. The first-order valence-corrected chi connectivity index (χ1v) is 28.1. The van der Waals surface area contributed by atoms with Crippen LogP contribution in [-0.2, 0) is 56.9 Å². The normalized spacial score (nSPS) is 21.5. The molecule has 11 atom stereocenters. The summed E-state index contributed by atoms with van der Waals surface area (Å²) in [5.74, 6) is -7.86. The maximum atomic E-state index is 14.5. The summed E-state index contributed by atoms with van der Waals surface area (Å²) in [6, 6.07) is 62.1. The van der Waals surface area contributed by atoms with Crippen molar-refractivity contribution in [3.63, 3.8) is 0 Å². The summed E-state index contributed by atoms with van der Waals surface area (Å²) in [6.07, 6.45) is -20.3. The maximum absolute atomic E-state index is 14.5. The molecule has 452 valence electrons. The van der Waals surface area contributed by atoms with E-state index in [1.807, 2.05) is 0 Å². The number of nitrogens with two attached hydrogens (primary N) is 1. The Kier molecular flexibility index (Phi) is 20.5. The lowest BCUT2D eigenvalue weighted by atomic mass is 9.96. The van der Waals surface area contributed by atoms with Gasteiger partial charge in [-0.2, -0.15) is 0 Å². The van der Waals surface area contributed by atoms with Gasteiger partial charge in [0, 0.05) is 0 Å². The van der Waals surface area contributed by atoms with Crippen molar-refractivity contribution in [3.8, 4) is 0 Å². The number of carbonyl (C=O) groups is 8. The maximum Gasteiger partial charge on any atom is 0.338 e. The summed E-state index contributed by atoms with van der Waals surface area (Å²) in [5, 5.41) is 0. The van der Waals surface area contributed by atoms with E-state index in [0.717, 1.165) is 0 Å². The third-order valence-electron chi connectivity index (χ3n) is 14.1. The Morgan fingerprint density at radius 3 is 0.899 bits per heavy atom. The van der Waals surface area contributed by atoms with Crippen LogP contribution in [-0.4, -0.2) is 122 Å². The number of esters is 7. The Morgan fingerprint density at radius 2 is 0.573 bits per heavy atom. The average Bonchev–Trinajstić information content (AvgIpc) is 2.18. The highest BCUT2D eigenvalue weighted by Crippen LogP contribution is 2.37. The zero-order valence-corrected chi connectivity index (χ0v) is 47.2. The Hall–Kier alpha value is -10.6. The molecule has 1 unspecified atom stereocenters. The van der Waals surface area contributed by atoms with E-state index >= 15 is 0 Å². The van der Waals surface area contributed by atoms with Crippen LogP contribution in [0.4, 0.5) is 0 Å². The standard InChI is InChI=1S/C69H57NO19/c70-60(71)53(43-25-9-1-10-26-43)89-69-59(88-67(78)50-39-23-8-24-40-50)57(86-65(76)48-35-19-6-20-36-48)55(84-63(74)46-31-15-4-16-32-46)52(82-69)42-80-68-58(87-66(77)49-37-21-7-22-38-49)56(85-64(75)47-33-17-5-18-34-47)54(83-62(73)45-29-13-3-14-30-45)51(81-68)41-79-61(72)44-27-11-2-12-28-44/h1-40,51-59,68-69H,41-42H2,(H2,70,71)/t51-,52-,53?,54-,55-,56+,57+,58-,59-,68-,69+/m1/s1. The van der Waals surface area contributed by atoms with Gasteiger partial charge in [0.15, 0.2) is 49.0 Å². The number of carbonyl (C=O) groups excluding carboxylic acids is 8. The third kappa shape index (κ3) is 15.7. The van der Waals surface area contributed by atoms with Crippen LogP contribution in [0.5, 0.6) is 0 Å². The number of primary amides is 1. The zero-order chi connectivity index (χ0) is 62.1. The molecule has 8 aromatic carbocycles. The minimum Gasteiger partial charge on any atom is -0.459 e. The largest absolute Gasteiger partial charge is 0.459 e. The van der Waals surface area contributed by atoms with Gasteiger partial charge in [0.2, 0.25) is 6.29 Å². The SMILES string of the molecule is NC(=O)C(O[C@@H]1O[C@H](CO[C@@H]2O[C@H](COC(=O)c3ccccc3)[C@@H](OC(=O)c3ccccc3)[C@H](OC(=O)c3ccccc3)[C@H]2OC(=O)c2ccccc2)[C@@H](OC(=O)c2ccccc2)[C@H](OC(=O)c2ccccc2)[C@H]1OC(=O)c1ccccc1)c1ccccc1. The van der Waals surface area contributed by atoms with Gasteiger partial charge in [-0.25, -0.2) is 33.6 Å². The van der Waals surface area contributed by atoms with E-state index in [4.69, 9.17) is 57.8 Å². The van der Waals surface area contributed by atoms with Crippen LogP contribution in [0.2, 0.25) is 0 Å².